The summed E-state index contributed by atoms with van der Waals surface area (Å²) in [6.45, 7) is 18.7. The van der Waals surface area contributed by atoms with Crippen molar-refractivity contribution in [2.75, 3.05) is 33.7 Å². The highest BCUT2D eigenvalue weighted by Gasteiger charge is 2.29. The summed E-state index contributed by atoms with van der Waals surface area (Å²) in [6, 6.07) is 8.39. The van der Waals surface area contributed by atoms with Crippen LogP contribution in [0.1, 0.15) is 90.7 Å². The van der Waals surface area contributed by atoms with Gasteiger partial charge in [0.05, 0.1) is 12.2 Å². The molecule has 0 radical (unpaired) electrons. The number of aromatic nitrogens is 1. The molecule has 1 aromatic carbocycles. The van der Waals surface area contributed by atoms with Gasteiger partial charge in [0.25, 0.3) is 11.8 Å². The highest BCUT2D eigenvalue weighted by molar-refractivity contribution is 7.87. The van der Waals surface area contributed by atoms with Gasteiger partial charge in [-0.05, 0) is 63.3 Å². The van der Waals surface area contributed by atoms with Crippen molar-refractivity contribution in [1.82, 2.24) is 23.8 Å². The summed E-state index contributed by atoms with van der Waals surface area (Å²) in [5.41, 5.74) is 5.28. The number of fused-ring (bicyclic) bond motifs is 3. The van der Waals surface area contributed by atoms with Crippen LogP contribution in [0, 0.1) is 0 Å². The summed E-state index contributed by atoms with van der Waals surface area (Å²) in [5, 5.41) is 5.11. The summed E-state index contributed by atoms with van der Waals surface area (Å²) in [5.74, 6) is -0.368. The second-order valence-corrected chi connectivity index (χ2v) is 14.2. The fraction of sp³-hybridized carbons (Fsp3) is 0.514. The molecule has 47 heavy (non-hydrogen) atoms. The topological polar surface area (TPSA) is 104 Å². The normalized spacial score (nSPS) is 16.3. The molecule has 2 heterocycles. The van der Waals surface area contributed by atoms with Crippen molar-refractivity contribution in [3.8, 4) is 11.3 Å². The predicted molar refractivity (Wildman–Crippen MR) is 194 cm³/mol. The van der Waals surface area contributed by atoms with E-state index in [0.717, 1.165) is 63.9 Å². The molecular formula is C37H55N5O4S. The quantitative estimate of drug-likeness (QED) is 0.344. The van der Waals surface area contributed by atoms with Crippen LogP contribution in [-0.2, 0) is 26.3 Å². The monoisotopic (exact) mass is 665 g/mol. The minimum absolute atomic E-state index is 0.0114. The molecule has 1 atom stereocenters. The first-order valence-electron chi connectivity index (χ1n) is 17.1. The standard InChI is InChI=1S/C35H49N5O4S.C2H6/c1-8-36-25(4)22-39(9-2)35(42)29-21-28-17-13-14-18-31(28)33-32(27-15-11-10-12-16-27)30(26(5)40(33)23-29)20-19-24(3)34(41)37-45(43,44)38(6)7;1-2/h13-14,17-21,25,27,36H,5,8-12,15-16,22-23H2,1-4,6-7H3,(H,37,41);1-2H3/b24-19+,30-20+;. The van der Waals surface area contributed by atoms with Crippen molar-refractivity contribution in [2.45, 2.75) is 92.2 Å². The van der Waals surface area contributed by atoms with Crippen LogP contribution in [0.3, 0.4) is 0 Å². The van der Waals surface area contributed by atoms with E-state index in [-0.39, 0.29) is 17.5 Å². The van der Waals surface area contributed by atoms with Crippen LogP contribution in [0.25, 0.3) is 30.0 Å². The van der Waals surface area contributed by atoms with Gasteiger partial charge < -0.3 is 14.8 Å². The van der Waals surface area contributed by atoms with Crippen LogP contribution >= 0.6 is 0 Å². The first-order chi connectivity index (χ1) is 22.4. The Hall–Kier alpha value is -3.47. The van der Waals surface area contributed by atoms with Crippen molar-refractivity contribution in [2.24, 2.45) is 0 Å². The van der Waals surface area contributed by atoms with Gasteiger partial charge in [-0.1, -0.05) is 83.0 Å². The molecule has 1 fully saturated rings. The Balaban J connectivity index is 0.00000294. The molecule has 0 spiro atoms. The Kier molecular flexibility index (Phi) is 13.8. The maximum atomic E-state index is 14.1. The molecule has 2 aliphatic rings. The van der Waals surface area contributed by atoms with Gasteiger partial charge in [0.15, 0.2) is 0 Å². The smallest absolute Gasteiger partial charge is 0.303 e. The van der Waals surface area contributed by atoms with E-state index in [4.69, 9.17) is 0 Å². The second kappa shape index (κ2) is 17.1. The third-order valence-corrected chi connectivity index (χ3v) is 10.3. The summed E-state index contributed by atoms with van der Waals surface area (Å²) in [6.07, 6.45) is 11.2. The number of amides is 2. The minimum Gasteiger partial charge on any atom is -0.338 e. The average Bonchev–Trinajstić information content (AvgIpc) is 3.21. The second-order valence-electron chi connectivity index (χ2n) is 12.3. The van der Waals surface area contributed by atoms with Crippen LogP contribution in [-0.4, -0.2) is 73.8 Å². The fourth-order valence-corrected chi connectivity index (χ4v) is 6.99. The molecular weight excluding hydrogens is 611 g/mol. The molecule has 2 amide bonds. The van der Waals surface area contributed by atoms with Gasteiger partial charge in [0.1, 0.15) is 0 Å². The molecule has 0 saturated heterocycles. The van der Waals surface area contributed by atoms with Crippen molar-refractivity contribution >= 4 is 40.8 Å². The molecule has 1 aromatic heterocycles. The highest BCUT2D eigenvalue weighted by atomic mass is 32.2. The van der Waals surface area contributed by atoms with Gasteiger partial charge in [0.2, 0.25) is 0 Å². The minimum atomic E-state index is -3.92. The molecule has 258 valence electrons. The molecule has 0 bridgehead atoms. The molecule has 4 rings (SSSR count). The number of hydrogen-bond donors (Lipinski definition) is 2. The lowest BCUT2D eigenvalue weighted by Gasteiger charge is -2.26. The van der Waals surface area contributed by atoms with Crippen LogP contribution in [0.5, 0.6) is 0 Å². The third kappa shape index (κ3) is 8.91. The van der Waals surface area contributed by atoms with Crippen molar-refractivity contribution in [3.05, 3.63) is 63.2 Å². The van der Waals surface area contributed by atoms with E-state index >= 15 is 0 Å². The number of hydrogen-bond acceptors (Lipinski definition) is 5. The van der Waals surface area contributed by atoms with Gasteiger partial charge in [-0.3, -0.25) is 9.59 Å². The van der Waals surface area contributed by atoms with Crippen molar-refractivity contribution in [1.29, 1.82) is 0 Å². The van der Waals surface area contributed by atoms with Gasteiger partial charge in [-0.15, -0.1) is 0 Å². The zero-order valence-electron chi connectivity index (χ0n) is 29.7. The Morgan fingerprint density at radius 3 is 2.38 bits per heavy atom. The highest BCUT2D eigenvalue weighted by Crippen LogP contribution is 2.39. The van der Waals surface area contributed by atoms with E-state index in [0.29, 0.717) is 31.1 Å². The predicted octanol–water partition coefficient (Wildman–Crippen LogP) is 4.53. The van der Waals surface area contributed by atoms with Crippen molar-refractivity contribution in [3.63, 3.8) is 0 Å². The maximum absolute atomic E-state index is 14.1. The Morgan fingerprint density at radius 1 is 1.11 bits per heavy atom. The SMILES string of the molecule is C=c1/c(=C\C=C(/C)C(=O)NS(=O)(=O)N(C)C)c(C2CCCCC2)c2n1CC(C(=O)N(CC)CC(C)NCC)=Cc1ccccc1-2.CC. The number of likely N-dealkylation sites (N-methyl/N-ethyl adjacent to an activating group) is 2. The Labute approximate surface area is 282 Å². The largest absolute Gasteiger partial charge is 0.338 e. The number of allylic oxidation sites excluding steroid dienone is 1. The van der Waals surface area contributed by atoms with Crippen molar-refractivity contribution < 1.29 is 18.0 Å². The maximum Gasteiger partial charge on any atom is 0.303 e. The van der Waals surface area contributed by atoms with Crippen LogP contribution in [0.4, 0.5) is 0 Å². The van der Waals surface area contributed by atoms with E-state index in [2.05, 4.69) is 47.2 Å². The van der Waals surface area contributed by atoms with Crippen LogP contribution < -0.4 is 20.6 Å². The van der Waals surface area contributed by atoms with Crippen LogP contribution in [0.15, 0.2) is 41.5 Å². The summed E-state index contributed by atoms with van der Waals surface area (Å²) >= 11 is 0. The van der Waals surface area contributed by atoms with E-state index < -0.39 is 16.1 Å². The zero-order chi connectivity index (χ0) is 34.9. The van der Waals surface area contributed by atoms with Gasteiger partial charge >= 0.3 is 10.2 Å². The number of carbonyl (C=O) groups excluding carboxylic acids is 2. The third-order valence-electron chi connectivity index (χ3n) is 8.89. The molecule has 2 aromatic rings. The molecule has 1 saturated carbocycles. The van der Waals surface area contributed by atoms with E-state index in [1.807, 2.05) is 50.0 Å². The zero-order valence-corrected chi connectivity index (χ0v) is 30.5. The number of carbonyl (C=O) groups is 2. The van der Waals surface area contributed by atoms with E-state index in [1.165, 1.54) is 26.1 Å². The first kappa shape index (κ1) is 38.0. The van der Waals surface area contributed by atoms with E-state index in [9.17, 15) is 18.0 Å². The Bertz CT molecular complexity index is 1700. The first-order valence-corrected chi connectivity index (χ1v) is 18.5. The molecule has 2 N–H and O–H groups in total. The molecule has 1 aliphatic carbocycles. The molecule has 10 heteroatoms. The van der Waals surface area contributed by atoms with Gasteiger partial charge in [-0.2, -0.15) is 12.7 Å². The summed E-state index contributed by atoms with van der Waals surface area (Å²) < 4.78 is 29.8. The average molecular weight is 666 g/mol. The summed E-state index contributed by atoms with van der Waals surface area (Å²) in [7, 11) is -1.18. The van der Waals surface area contributed by atoms with E-state index in [1.54, 1.807) is 13.0 Å². The van der Waals surface area contributed by atoms with Gasteiger partial charge in [0, 0.05) is 60.5 Å². The number of nitrogens with one attached hydrogen (secondary N) is 2. The lowest BCUT2D eigenvalue weighted by atomic mass is 9.82. The lowest BCUT2D eigenvalue weighted by Crippen LogP contribution is -2.43. The fourth-order valence-electron chi connectivity index (χ4n) is 6.41. The Morgan fingerprint density at radius 2 is 1.77 bits per heavy atom. The lowest BCUT2D eigenvalue weighted by molar-refractivity contribution is -0.127. The molecule has 1 unspecified atom stereocenters. The molecule has 9 nitrogen and oxygen atoms in total. The number of rotatable bonds is 11. The number of nitrogens with zero attached hydrogens (tertiary/aromatic N) is 3. The molecule has 1 aliphatic heterocycles. The van der Waals surface area contributed by atoms with Crippen LogP contribution in [0.2, 0.25) is 0 Å². The summed E-state index contributed by atoms with van der Waals surface area (Å²) in [4.78, 5) is 28.8. The van der Waals surface area contributed by atoms with Gasteiger partial charge in [-0.25, -0.2) is 4.72 Å². The number of benzene rings is 1.